The van der Waals surface area contributed by atoms with Crippen molar-refractivity contribution in [3.63, 3.8) is 0 Å². The van der Waals surface area contributed by atoms with Gasteiger partial charge in [-0.15, -0.1) is 0 Å². The zero-order chi connectivity index (χ0) is 44.1. The quantitative estimate of drug-likeness (QED) is 0.116. The third-order valence-corrected chi connectivity index (χ3v) is 12.7. The van der Waals surface area contributed by atoms with E-state index in [0.717, 1.165) is 18.4 Å². The number of carbonyl (C=O) groups is 1. The number of carbonyl (C=O) groups excluding carboxylic acids is 1. The van der Waals surface area contributed by atoms with Crippen LogP contribution in [-0.2, 0) is 46.2 Å². The summed E-state index contributed by atoms with van der Waals surface area (Å²) < 4.78 is 168. The van der Waals surface area contributed by atoms with E-state index in [1.54, 1.807) is 0 Å². The molecule has 3 unspecified atom stereocenters. The van der Waals surface area contributed by atoms with Crippen LogP contribution < -0.4 is 11.1 Å². The fraction of sp³-hybridized carbons (Fsp3) is 0.385. The standard InChI is InChI=1S/C39H33F10N7O3S/c1-18-28-29-33(39(47,48)49)53-55(34(29)38(45,46)30(18)28)16-27(57)52-26(14-19-12-20(40)15-21(41)13-19)31-23(9-8-22(51-31)10-11-36(2,3)60(4,58)59)24-6-5-7-25-32(24)56(54-35(25)50)17-37(42,43)44/h5-9,12-13,15,18,26,28,30H,14,16-17H2,1-4H3,(H2,50,54)(H,52,57)/t18-,26?,28?,30?/m1/s1. The minimum Gasteiger partial charge on any atom is -0.382 e. The predicted molar refractivity (Wildman–Crippen MR) is 197 cm³/mol. The summed E-state index contributed by atoms with van der Waals surface area (Å²) in [7, 11) is -3.79. The number of para-hydroxylation sites is 1. The van der Waals surface area contributed by atoms with Gasteiger partial charge in [-0.05, 0) is 68.0 Å². The number of amides is 1. The number of fused-ring (bicyclic) bond motifs is 4. The monoisotopic (exact) mass is 869 g/mol. The molecule has 0 bridgehead atoms. The number of hydrogen-bond acceptors (Lipinski definition) is 7. The average molecular weight is 870 g/mol. The first-order valence-electron chi connectivity index (χ1n) is 18.0. The molecule has 1 amide bonds. The number of aromatic nitrogens is 5. The second kappa shape index (κ2) is 14.2. The highest BCUT2D eigenvalue weighted by molar-refractivity contribution is 7.92. The Morgan fingerprint density at radius 3 is 2.27 bits per heavy atom. The Hall–Kier alpha value is -5.65. The molecule has 3 aromatic heterocycles. The zero-order valence-corrected chi connectivity index (χ0v) is 32.6. The number of nitrogen functional groups attached to an aromatic ring is 1. The molecule has 0 spiro atoms. The Morgan fingerprint density at radius 1 is 0.983 bits per heavy atom. The first-order chi connectivity index (χ1) is 27.7. The van der Waals surface area contributed by atoms with Gasteiger partial charge >= 0.3 is 12.4 Å². The molecular formula is C39H33F10N7O3S. The van der Waals surface area contributed by atoms with Crippen LogP contribution in [0.25, 0.3) is 22.0 Å². The van der Waals surface area contributed by atoms with Gasteiger partial charge in [0.25, 0.3) is 5.92 Å². The second-order valence-electron chi connectivity index (χ2n) is 15.4. The van der Waals surface area contributed by atoms with Gasteiger partial charge in [-0.3, -0.25) is 14.2 Å². The molecular weight excluding hydrogens is 837 g/mol. The molecule has 7 rings (SSSR count). The smallest absolute Gasteiger partial charge is 0.382 e. The van der Waals surface area contributed by atoms with E-state index in [9.17, 15) is 48.3 Å². The number of benzene rings is 2. The normalized spacial score (nSPS) is 19.1. The number of nitrogens with zero attached hydrogens (tertiary/aromatic N) is 5. The fourth-order valence-electron chi connectivity index (χ4n) is 7.75. The van der Waals surface area contributed by atoms with Gasteiger partial charge in [0.1, 0.15) is 40.9 Å². The van der Waals surface area contributed by atoms with Crippen molar-refractivity contribution in [3.05, 3.63) is 94.1 Å². The van der Waals surface area contributed by atoms with E-state index in [4.69, 9.17) is 5.73 Å². The van der Waals surface area contributed by atoms with Crippen LogP contribution in [0.4, 0.5) is 49.7 Å². The SMILES string of the molecule is C[C@@H]1C2c3c(C(F)(F)F)nn(CC(=O)NC(Cc4cc(F)cc(F)c4)c4nc(C#CC(C)(C)S(C)(=O)=O)ccc4-c4cccc5c(N)nn(CC(F)(F)F)c45)c3C(F)(F)C21. The number of pyridine rings is 1. The Morgan fingerprint density at radius 2 is 1.65 bits per heavy atom. The van der Waals surface area contributed by atoms with Crippen LogP contribution in [0.2, 0.25) is 0 Å². The number of nitrogens with one attached hydrogen (secondary N) is 1. The molecule has 2 aromatic carbocycles. The van der Waals surface area contributed by atoms with Crippen molar-refractivity contribution in [2.24, 2.45) is 11.8 Å². The number of nitrogens with two attached hydrogens (primary N) is 1. The highest BCUT2D eigenvalue weighted by atomic mass is 32.2. The number of rotatable bonds is 9. The molecule has 1 saturated carbocycles. The molecule has 4 atom stereocenters. The van der Waals surface area contributed by atoms with E-state index in [1.807, 2.05) is 0 Å². The summed E-state index contributed by atoms with van der Waals surface area (Å²) in [6, 6.07) is 7.56. The molecule has 318 valence electrons. The second-order valence-corrected chi connectivity index (χ2v) is 18.0. The van der Waals surface area contributed by atoms with Crippen LogP contribution in [0.15, 0.2) is 48.5 Å². The van der Waals surface area contributed by atoms with Crippen LogP contribution in [0.1, 0.15) is 66.6 Å². The van der Waals surface area contributed by atoms with Crippen LogP contribution in [-0.4, -0.2) is 56.0 Å². The Kier molecular flexibility index (Phi) is 10.1. The van der Waals surface area contributed by atoms with Crippen molar-refractivity contribution in [2.75, 3.05) is 12.0 Å². The van der Waals surface area contributed by atoms with Crippen molar-refractivity contribution in [1.82, 2.24) is 29.9 Å². The molecule has 0 aliphatic heterocycles. The third-order valence-electron chi connectivity index (χ3n) is 10.8. The molecule has 1 fully saturated rings. The maximum Gasteiger partial charge on any atom is 0.435 e. The molecule has 0 saturated heterocycles. The van der Waals surface area contributed by atoms with E-state index < -0.39 is 111 Å². The van der Waals surface area contributed by atoms with Crippen molar-refractivity contribution in [1.29, 1.82) is 0 Å². The molecule has 0 radical (unpaired) electrons. The van der Waals surface area contributed by atoms with Gasteiger partial charge in [0.05, 0.1) is 17.3 Å². The summed E-state index contributed by atoms with van der Waals surface area (Å²) >= 11 is 0. The third kappa shape index (κ3) is 7.76. The summed E-state index contributed by atoms with van der Waals surface area (Å²) in [5, 5.41) is 9.84. The van der Waals surface area contributed by atoms with Gasteiger partial charge in [-0.1, -0.05) is 25.0 Å². The molecule has 5 aromatic rings. The lowest BCUT2D eigenvalue weighted by Gasteiger charge is -2.23. The van der Waals surface area contributed by atoms with Crippen molar-refractivity contribution in [3.8, 4) is 23.0 Å². The predicted octanol–water partition coefficient (Wildman–Crippen LogP) is 7.47. The number of alkyl halides is 8. The maximum absolute atomic E-state index is 15.6. The molecule has 3 heterocycles. The van der Waals surface area contributed by atoms with Gasteiger partial charge in [0, 0.05) is 46.2 Å². The topological polar surface area (TPSA) is 138 Å². The highest BCUT2D eigenvalue weighted by Crippen LogP contribution is 2.71. The molecule has 60 heavy (non-hydrogen) atoms. The molecule has 3 N–H and O–H groups in total. The summed E-state index contributed by atoms with van der Waals surface area (Å²) in [5.41, 5.74) is 1.95. The van der Waals surface area contributed by atoms with Crippen LogP contribution >= 0.6 is 0 Å². The van der Waals surface area contributed by atoms with Gasteiger partial charge < -0.3 is 11.1 Å². The first-order valence-corrected chi connectivity index (χ1v) is 19.9. The van der Waals surface area contributed by atoms with E-state index >= 15 is 8.78 Å². The van der Waals surface area contributed by atoms with Crippen molar-refractivity contribution < 1.29 is 57.1 Å². The summed E-state index contributed by atoms with van der Waals surface area (Å²) in [6.07, 6.45) is -9.56. The Labute approximate surface area is 335 Å². The largest absolute Gasteiger partial charge is 0.435 e. The Balaban J connectivity index is 1.40. The molecule has 10 nitrogen and oxygen atoms in total. The Bertz CT molecular complexity index is 2730. The van der Waals surface area contributed by atoms with Gasteiger partial charge in [0.2, 0.25) is 5.91 Å². The molecule has 2 aliphatic carbocycles. The highest BCUT2D eigenvalue weighted by Gasteiger charge is 2.72. The van der Waals surface area contributed by atoms with E-state index in [-0.39, 0.29) is 49.5 Å². The number of anilines is 1. The van der Waals surface area contributed by atoms with Gasteiger partial charge in [-0.25, -0.2) is 22.2 Å². The van der Waals surface area contributed by atoms with Crippen LogP contribution in [0, 0.1) is 35.3 Å². The minimum atomic E-state index is -5.15. The van der Waals surface area contributed by atoms with E-state index in [2.05, 4.69) is 32.3 Å². The average Bonchev–Trinajstić information content (AvgIpc) is 3.34. The summed E-state index contributed by atoms with van der Waals surface area (Å²) in [6.45, 7) is 1.20. The summed E-state index contributed by atoms with van der Waals surface area (Å²) in [4.78, 5) is 18.5. The van der Waals surface area contributed by atoms with Crippen molar-refractivity contribution in [2.45, 2.75) is 75.3 Å². The zero-order valence-electron chi connectivity index (χ0n) is 31.8. The minimum absolute atomic E-state index is 0.00296. The van der Waals surface area contributed by atoms with Crippen LogP contribution in [0.3, 0.4) is 0 Å². The van der Waals surface area contributed by atoms with Crippen molar-refractivity contribution >= 4 is 32.5 Å². The molecule has 21 heteroatoms. The lowest BCUT2D eigenvalue weighted by atomic mass is 9.93. The van der Waals surface area contributed by atoms with E-state index in [1.165, 1.54) is 51.1 Å². The van der Waals surface area contributed by atoms with Gasteiger partial charge in [0.15, 0.2) is 21.3 Å². The number of sulfone groups is 1. The lowest BCUT2D eigenvalue weighted by molar-refractivity contribution is -0.143. The number of hydrogen-bond donors (Lipinski definition) is 2. The fourth-order valence-corrected chi connectivity index (χ4v) is 7.99. The van der Waals surface area contributed by atoms with Gasteiger partial charge in [-0.2, -0.15) is 45.3 Å². The first kappa shape index (κ1) is 42.5. The molecule has 2 aliphatic rings. The summed E-state index contributed by atoms with van der Waals surface area (Å²) in [5.74, 6) is -5.55. The van der Waals surface area contributed by atoms with Crippen LogP contribution in [0.5, 0.6) is 0 Å². The lowest BCUT2D eigenvalue weighted by Crippen LogP contribution is -2.35. The van der Waals surface area contributed by atoms with E-state index in [0.29, 0.717) is 10.7 Å². The number of halogens is 10. The maximum atomic E-state index is 15.6.